The predicted molar refractivity (Wildman–Crippen MR) is 177 cm³/mol. The smallest absolute Gasteiger partial charge is 0.310 e. The van der Waals surface area contributed by atoms with E-state index < -0.39 is 0 Å². The van der Waals surface area contributed by atoms with Crippen LogP contribution in [-0.2, 0) is 27.5 Å². The number of piperidine rings is 1. The van der Waals surface area contributed by atoms with Crippen LogP contribution in [0, 0.1) is 11.7 Å². The number of para-hydroxylation sites is 1. The highest BCUT2D eigenvalue weighted by molar-refractivity contribution is 5.87. The number of likely N-dealkylation sites (tertiary alicyclic amines) is 1. The van der Waals surface area contributed by atoms with Gasteiger partial charge in [-0.2, -0.15) is 0 Å². The summed E-state index contributed by atoms with van der Waals surface area (Å²) in [5, 5.41) is 1.06. The van der Waals surface area contributed by atoms with Crippen molar-refractivity contribution in [2.45, 2.75) is 45.3 Å². The molecule has 1 aromatic heterocycles. The monoisotopic (exact) mass is 618 g/mol. The van der Waals surface area contributed by atoms with Crippen molar-refractivity contribution in [1.29, 1.82) is 0 Å². The minimum atomic E-state index is -0.302. The molecule has 236 valence electrons. The zero-order valence-corrected chi connectivity index (χ0v) is 26.1. The molecule has 0 saturated carbocycles. The largest absolute Gasteiger partial charge is 0.489 e. The maximum atomic E-state index is 14.0. The molecule has 1 saturated heterocycles. The third-order valence-corrected chi connectivity index (χ3v) is 8.74. The van der Waals surface area contributed by atoms with Gasteiger partial charge in [0.25, 0.3) is 0 Å². The second kappa shape index (κ2) is 14.5. The Kier molecular flexibility index (Phi) is 9.77. The van der Waals surface area contributed by atoms with Crippen LogP contribution in [0.1, 0.15) is 54.4 Å². The number of benzene rings is 4. The molecule has 1 fully saturated rings. The maximum absolute atomic E-state index is 14.0. The van der Waals surface area contributed by atoms with Gasteiger partial charge in [-0.15, -0.1) is 0 Å². The van der Waals surface area contributed by atoms with Gasteiger partial charge in [0.05, 0.1) is 12.5 Å². The molecule has 6 rings (SSSR count). The quantitative estimate of drug-likeness (QED) is 0.142. The molecule has 4 aromatic carbocycles. The number of amides is 1. The lowest BCUT2D eigenvalue weighted by Gasteiger charge is -2.32. The first-order valence-electron chi connectivity index (χ1n) is 16.0. The molecule has 0 aliphatic carbocycles. The summed E-state index contributed by atoms with van der Waals surface area (Å²) in [5.41, 5.74) is 5.10. The van der Waals surface area contributed by atoms with Crippen molar-refractivity contribution in [3.63, 3.8) is 0 Å². The van der Waals surface area contributed by atoms with Gasteiger partial charge in [-0.25, -0.2) is 4.39 Å². The number of nitrogens with zero attached hydrogens (tertiary/aromatic N) is 2. The Morgan fingerprint density at radius 1 is 0.913 bits per heavy atom. The van der Waals surface area contributed by atoms with Crippen molar-refractivity contribution in [3.05, 3.63) is 137 Å². The van der Waals surface area contributed by atoms with Crippen LogP contribution in [0.25, 0.3) is 10.9 Å². The molecule has 7 heteroatoms. The van der Waals surface area contributed by atoms with Crippen molar-refractivity contribution < 1.29 is 23.5 Å². The van der Waals surface area contributed by atoms with Crippen LogP contribution in [0.15, 0.2) is 109 Å². The van der Waals surface area contributed by atoms with Gasteiger partial charge < -0.3 is 18.9 Å². The zero-order chi connectivity index (χ0) is 31.9. The summed E-state index contributed by atoms with van der Waals surface area (Å²) in [7, 11) is 0. The molecule has 1 amide bonds. The molecule has 0 bridgehead atoms. The minimum absolute atomic E-state index is 0.00460. The molecular weight excluding hydrogens is 579 g/mol. The van der Waals surface area contributed by atoms with Gasteiger partial charge in [0, 0.05) is 49.1 Å². The summed E-state index contributed by atoms with van der Waals surface area (Å²) in [5.74, 6) is -0.334. The molecule has 46 heavy (non-hydrogen) atoms. The lowest BCUT2D eigenvalue weighted by molar-refractivity contribution is -0.151. The standard InChI is InChI=1S/C39H39FN2O4/c1-2-45-39(44)31-13-9-21-41(25-31)38(43)23-35(30-12-8-14-33(22-30)46-27-29-10-4-3-5-11-29)36-26-42(37-16-7-6-15-34(36)37)24-28-17-19-32(40)20-18-28/h3-8,10-12,14-20,22,26,31,35H,2,9,13,21,23-25,27H2,1H3. The van der Waals surface area contributed by atoms with Crippen molar-refractivity contribution >= 4 is 22.8 Å². The Morgan fingerprint density at radius 3 is 2.50 bits per heavy atom. The highest BCUT2D eigenvalue weighted by Crippen LogP contribution is 2.37. The zero-order valence-electron chi connectivity index (χ0n) is 26.1. The van der Waals surface area contributed by atoms with Crippen molar-refractivity contribution in [3.8, 4) is 5.75 Å². The lowest BCUT2D eigenvalue weighted by Crippen LogP contribution is -2.43. The molecule has 1 aliphatic rings. The first-order chi connectivity index (χ1) is 22.5. The van der Waals surface area contributed by atoms with E-state index >= 15 is 0 Å². The van der Waals surface area contributed by atoms with Gasteiger partial charge in [-0.3, -0.25) is 9.59 Å². The fourth-order valence-corrected chi connectivity index (χ4v) is 6.40. The van der Waals surface area contributed by atoms with Gasteiger partial charge in [0.1, 0.15) is 18.2 Å². The second-order valence-corrected chi connectivity index (χ2v) is 11.9. The maximum Gasteiger partial charge on any atom is 0.310 e. The SMILES string of the molecule is CCOC(=O)C1CCCN(C(=O)CC(c2cccc(OCc3ccccc3)c2)c2cn(Cc3ccc(F)cc3)c3ccccc23)C1. The third kappa shape index (κ3) is 7.31. The number of esters is 1. The van der Waals surface area contributed by atoms with Gasteiger partial charge in [-0.05, 0) is 72.4 Å². The molecule has 6 nitrogen and oxygen atoms in total. The molecule has 0 radical (unpaired) electrons. The first kappa shape index (κ1) is 31.1. The molecule has 2 atom stereocenters. The van der Waals surface area contributed by atoms with Crippen LogP contribution in [0.2, 0.25) is 0 Å². The number of ether oxygens (including phenoxy) is 2. The Hall–Kier alpha value is -4.91. The summed E-state index contributed by atoms with van der Waals surface area (Å²) in [6, 6.07) is 32.8. The number of hydrogen-bond donors (Lipinski definition) is 0. The molecule has 0 N–H and O–H groups in total. The summed E-state index contributed by atoms with van der Waals surface area (Å²) in [6.07, 6.45) is 3.85. The average molecular weight is 619 g/mol. The first-order valence-corrected chi connectivity index (χ1v) is 16.0. The van der Waals surface area contributed by atoms with Crippen LogP contribution in [0.4, 0.5) is 4.39 Å². The van der Waals surface area contributed by atoms with E-state index in [-0.39, 0.29) is 36.0 Å². The lowest BCUT2D eigenvalue weighted by atomic mass is 9.87. The average Bonchev–Trinajstić information content (AvgIpc) is 3.45. The number of fused-ring (bicyclic) bond motifs is 1. The molecule has 5 aromatic rings. The second-order valence-electron chi connectivity index (χ2n) is 11.9. The van der Waals surface area contributed by atoms with Gasteiger partial charge in [0.2, 0.25) is 5.91 Å². The number of aromatic nitrogens is 1. The van der Waals surface area contributed by atoms with Crippen molar-refractivity contribution in [2.24, 2.45) is 5.92 Å². The molecule has 2 unspecified atom stereocenters. The van der Waals surface area contributed by atoms with E-state index in [1.54, 1.807) is 19.1 Å². The number of carbonyl (C=O) groups is 2. The van der Waals surface area contributed by atoms with Crippen LogP contribution < -0.4 is 4.74 Å². The number of rotatable bonds is 11. The van der Waals surface area contributed by atoms with Crippen molar-refractivity contribution in [2.75, 3.05) is 19.7 Å². The van der Waals surface area contributed by atoms with Gasteiger partial charge >= 0.3 is 5.97 Å². The summed E-state index contributed by atoms with van der Waals surface area (Å²) in [6.45, 7) is 4.13. The molecular formula is C39H39FN2O4. The van der Waals surface area contributed by atoms with E-state index in [9.17, 15) is 14.0 Å². The summed E-state index contributed by atoms with van der Waals surface area (Å²) < 4.78 is 27.3. The Balaban J connectivity index is 1.34. The van der Waals surface area contributed by atoms with Crippen LogP contribution in [0.5, 0.6) is 5.75 Å². The van der Waals surface area contributed by atoms with Crippen LogP contribution in [-0.4, -0.2) is 41.0 Å². The van der Waals surface area contributed by atoms with Gasteiger partial charge in [0.15, 0.2) is 0 Å². The third-order valence-electron chi connectivity index (χ3n) is 8.74. The molecule has 0 spiro atoms. The number of carbonyl (C=O) groups excluding carboxylic acids is 2. The van der Waals surface area contributed by atoms with Crippen molar-refractivity contribution in [1.82, 2.24) is 9.47 Å². The highest BCUT2D eigenvalue weighted by Gasteiger charge is 2.32. The summed E-state index contributed by atoms with van der Waals surface area (Å²) >= 11 is 0. The van der Waals surface area contributed by atoms with E-state index in [1.807, 2.05) is 65.6 Å². The topological polar surface area (TPSA) is 60.8 Å². The van der Waals surface area contributed by atoms with E-state index in [2.05, 4.69) is 29.0 Å². The highest BCUT2D eigenvalue weighted by atomic mass is 19.1. The fourth-order valence-electron chi connectivity index (χ4n) is 6.40. The van der Waals surface area contributed by atoms with Crippen LogP contribution >= 0.6 is 0 Å². The normalized spacial score (nSPS) is 15.4. The van der Waals surface area contributed by atoms with E-state index in [0.717, 1.165) is 51.7 Å². The minimum Gasteiger partial charge on any atom is -0.489 e. The van der Waals surface area contributed by atoms with E-state index in [0.29, 0.717) is 32.8 Å². The predicted octanol–water partition coefficient (Wildman–Crippen LogP) is 7.73. The fraction of sp³-hybridized carbons (Fsp3) is 0.282. The molecule has 1 aliphatic heterocycles. The Bertz CT molecular complexity index is 1780. The van der Waals surface area contributed by atoms with Gasteiger partial charge in [-0.1, -0.05) is 72.8 Å². The van der Waals surface area contributed by atoms with Crippen LogP contribution in [0.3, 0.4) is 0 Å². The summed E-state index contributed by atoms with van der Waals surface area (Å²) in [4.78, 5) is 28.4. The number of halogens is 1. The molecule has 2 heterocycles. The van der Waals surface area contributed by atoms with E-state index in [4.69, 9.17) is 9.47 Å². The van der Waals surface area contributed by atoms with E-state index in [1.165, 1.54) is 12.1 Å². The number of hydrogen-bond acceptors (Lipinski definition) is 4. The Morgan fingerprint density at radius 2 is 1.70 bits per heavy atom. The Labute approximate surface area is 269 Å².